The molecule has 0 aliphatic carbocycles. The van der Waals surface area contributed by atoms with Crippen LogP contribution in [-0.4, -0.2) is 37.5 Å². The normalized spacial score (nSPS) is 19.9. The van der Waals surface area contributed by atoms with Crippen LogP contribution >= 0.6 is 23.2 Å². The van der Waals surface area contributed by atoms with E-state index in [-0.39, 0.29) is 29.1 Å². The highest BCUT2D eigenvalue weighted by Crippen LogP contribution is 2.30. The summed E-state index contributed by atoms with van der Waals surface area (Å²) < 4.78 is 25.3. The largest absolute Gasteiger partial charge is 0.324 e. The molecule has 1 aliphatic rings. The fourth-order valence-electron chi connectivity index (χ4n) is 2.43. The molecule has 0 radical (unpaired) electrons. The average molecular weight is 365 g/mol. The molecule has 1 aromatic carbocycles. The molecule has 1 N–H and O–H groups in total. The van der Waals surface area contributed by atoms with E-state index in [1.54, 1.807) is 25.1 Å². The summed E-state index contributed by atoms with van der Waals surface area (Å²) in [5, 5.41) is 3.38. The van der Waals surface area contributed by atoms with Crippen molar-refractivity contribution in [3.8, 4) is 0 Å². The molecule has 0 saturated carbocycles. The summed E-state index contributed by atoms with van der Waals surface area (Å²) in [5.41, 5.74) is 0.439. The van der Waals surface area contributed by atoms with Gasteiger partial charge in [0.25, 0.3) is 0 Å². The molecular formula is C14H18Cl2N2O3S. The van der Waals surface area contributed by atoms with Crippen LogP contribution < -0.4 is 5.32 Å². The van der Waals surface area contributed by atoms with Crippen LogP contribution in [0.25, 0.3) is 0 Å². The van der Waals surface area contributed by atoms with Gasteiger partial charge in [-0.2, -0.15) is 0 Å². The fourth-order valence-corrected chi connectivity index (χ4v) is 3.95. The number of anilines is 1. The smallest absolute Gasteiger partial charge is 0.228 e. The van der Waals surface area contributed by atoms with Gasteiger partial charge in [-0.15, -0.1) is 0 Å². The van der Waals surface area contributed by atoms with Crippen molar-refractivity contribution < 1.29 is 13.2 Å². The fraction of sp³-hybridized carbons (Fsp3) is 0.500. The topological polar surface area (TPSA) is 66.5 Å². The van der Waals surface area contributed by atoms with Crippen LogP contribution in [0.3, 0.4) is 0 Å². The maximum Gasteiger partial charge on any atom is 0.228 e. The van der Waals surface area contributed by atoms with E-state index in [2.05, 4.69) is 5.32 Å². The summed E-state index contributed by atoms with van der Waals surface area (Å²) in [6.07, 6.45) is 1.32. The third-order valence-electron chi connectivity index (χ3n) is 3.72. The number of piperidine rings is 1. The zero-order valence-corrected chi connectivity index (χ0v) is 14.5. The predicted molar refractivity (Wildman–Crippen MR) is 88.8 cm³/mol. The molecule has 1 fully saturated rings. The summed E-state index contributed by atoms with van der Waals surface area (Å²) in [6, 6.07) is 4.99. The first kappa shape index (κ1) is 17.5. The molecule has 0 spiro atoms. The first-order valence-corrected chi connectivity index (χ1v) is 9.44. The van der Waals surface area contributed by atoms with Crippen LogP contribution in [0.15, 0.2) is 18.2 Å². The number of rotatable bonds is 4. The number of halogens is 2. The molecular weight excluding hydrogens is 347 g/mol. The molecule has 22 heavy (non-hydrogen) atoms. The van der Waals surface area contributed by atoms with Crippen molar-refractivity contribution in [2.24, 2.45) is 5.92 Å². The summed E-state index contributed by atoms with van der Waals surface area (Å²) in [6.45, 7) is 2.28. The second-order valence-electron chi connectivity index (χ2n) is 5.19. The molecule has 122 valence electrons. The first-order chi connectivity index (χ1) is 10.3. The number of amides is 1. The Hall–Kier alpha value is -0.820. The Balaban J connectivity index is 2.08. The Morgan fingerprint density at radius 3 is 2.82 bits per heavy atom. The molecule has 1 aliphatic heterocycles. The van der Waals surface area contributed by atoms with E-state index in [9.17, 15) is 13.2 Å². The Kier molecular flexibility index (Phi) is 5.71. The third-order valence-corrected chi connectivity index (χ3v) is 6.39. The van der Waals surface area contributed by atoms with Gasteiger partial charge in [0, 0.05) is 13.1 Å². The molecule has 2 rings (SSSR count). The number of carbonyl (C=O) groups is 1. The van der Waals surface area contributed by atoms with Crippen LogP contribution in [0.1, 0.15) is 19.8 Å². The third kappa shape index (κ3) is 3.93. The van der Waals surface area contributed by atoms with Crippen molar-refractivity contribution >= 4 is 44.8 Å². The molecule has 5 nitrogen and oxygen atoms in total. The first-order valence-electron chi connectivity index (χ1n) is 7.08. The van der Waals surface area contributed by atoms with Gasteiger partial charge < -0.3 is 5.32 Å². The zero-order valence-electron chi connectivity index (χ0n) is 12.2. The second-order valence-corrected chi connectivity index (χ2v) is 8.23. The van der Waals surface area contributed by atoms with Crippen LogP contribution in [0.5, 0.6) is 0 Å². The molecule has 0 aromatic heterocycles. The molecule has 1 aromatic rings. The van der Waals surface area contributed by atoms with Crippen molar-refractivity contribution in [1.82, 2.24) is 4.31 Å². The van der Waals surface area contributed by atoms with E-state index in [0.717, 1.165) is 0 Å². The maximum absolute atomic E-state index is 12.4. The Morgan fingerprint density at radius 1 is 1.41 bits per heavy atom. The Labute approximate surface area is 140 Å². The lowest BCUT2D eigenvalue weighted by Crippen LogP contribution is -2.44. The number of nitrogens with zero attached hydrogens (tertiary/aromatic N) is 1. The van der Waals surface area contributed by atoms with Crippen LogP contribution in [0.2, 0.25) is 10.0 Å². The Bertz CT molecular complexity index is 664. The maximum atomic E-state index is 12.4. The van der Waals surface area contributed by atoms with Crippen molar-refractivity contribution in [3.05, 3.63) is 28.2 Å². The minimum atomic E-state index is -3.27. The van der Waals surface area contributed by atoms with Gasteiger partial charge in [-0.25, -0.2) is 12.7 Å². The molecule has 1 heterocycles. The number of carbonyl (C=O) groups excluding carboxylic acids is 1. The number of hydrogen-bond acceptors (Lipinski definition) is 3. The molecule has 0 unspecified atom stereocenters. The van der Waals surface area contributed by atoms with E-state index in [1.165, 1.54) is 4.31 Å². The molecule has 0 bridgehead atoms. The van der Waals surface area contributed by atoms with E-state index in [1.807, 2.05) is 0 Å². The van der Waals surface area contributed by atoms with E-state index in [4.69, 9.17) is 23.2 Å². The highest BCUT2D eigenvalue weighted by atomic mass is 35.5. The minimum Gasteiger partial charge on any atom is -0.324 e. The van der Waals surface area contributed by atoms with Gasteiger partial charge in [0.1, 0.15) is 0 Å². The van der Waals surface area contributed by atoms with Crippen LogP contribution in [-0.2, 0) is 14.8 Å². The van der Waals surface area contributed by atoms with E-state index in [0.29, 0.717) is 30.1 Å². The molecule has 1 saturated heterocycles. The standard InChI is InChI=1S/C14H18Cl2N2O3S/c1-2-22(20,21)18-8-4-5-10(9-18)14(19)17-12-7-3-6-11(15)13(12)16/h3,6-7,10H,2,4-5,8-9H2,1H3,(H,17,19)/t10-/m0/s1. The highest BCUT2D eigenvalue weighted by Gasteiger charge is 2.31. The summed E-state index contributed by atoms with van der Waals surface area (Å²) in [5.74, 6) is -0.577. The van der Waals surface area contributed by atoms with Crippen LogP contribution in [0.4, 0.5) is 5.69 Å². The number of hydrogen-bond donors (Lipinski definition) is 1. The lowest BCUT2D eigenvalue weighted by molar-refractivity contribution is -0.120. The summed E-state index contributed by atoms with van der Waals surface area (Å²) in [7, 11) is -3.27. The van der Waals surface area contributed by atoms with Gasteiger partial charge in [0.15, 0.2) is 0 Å². The van der Waals surface area contributed by atoms with E-state index >= 15 is 0 Å². The predicted octanol–water partition coefficient (Wildman–Crippen LogP) is 2.99. The van der Waals surface area contributed by atoms with Gasteiger partial charge in [-0.05, 0) is 31.9 Å². The average Bonchev–Trinajstić information content (AvgIpc) is 2.52. The quantitative estimate of drug-likeness (QED) is 0.892. The lowest BCUT2D eigenvalue weighted by atomic mass is 9.99. The molecule has 1 atom stereocenters. The monoisotopic (exact) mass is 364 g/mol. The summed E-state index contributed by atoms with van der Waals surface area (Å²) in [4.78, 5) is 12.4. The van der Waals surface area contributed by atoms with Crippen LogP contribution in [0, 0.1) is 5.92 Å². The van der Waals surface area contributed by atoms with Gasteiger partial charge in [0.2, 0.25) is 15.9 Å². The lowest BCUT2D eigenvalue weighted by Gasteiger charge is -2.31. The van der Waals surface area contributed by atoms with Crippen molar-refractivity contribution in [2.75, 3.05) is 24.2 Å². The van der Waals surface area contributed by atoms with Gasteiger partial charge in [-0.1, -0.05) is 29.3 Å². The Morgan fingerprint density at radius 2 is 2.14 bits per heavy atom. The summed E-state index contributed by atoms with van der Waals surface area (Å²) >= 11 is 12.0. The number of sulfonamides is 1. The number of nitrogens with one attached hydrogen (secondary N) is 1. The van der Waals surface area contributed by atoms with Crippen molar-refractivity contribution in [3.63, 3.8) is 0 Å². The van der Waals surface area contributed by atoms with Crippen molar-refractivity contribution in [2.45, 2.75) is 19.8 Å². The van der Waals surface area contributed by atoms with Gasteiger partial charge in [-0.3, -0.25) is 4.79 Å². The number of benzene rings is 1. The zero-order chi connectivity index (χ0) is 16.3. The van der Waals surface area contributed by atoms with E-state index < -0.39 is 10.0 Å². The molecule has 1 amide bonds. The van der Waals surface area contributed by atoms with Crippen molar-refractivity contribution in [1.29, 1.82) is 0 Å². The van der Waals surface area contributed by atoms with Gasteiger partial charge >= 0.3 is 0 Å². The van der Waals surface area contributed by atoms with Gasteiger partial charge in [0.05, 0.1) is 27.4 Å². The SMILES string of the molecule is CCS(=O)(=O)N1CCC[C@H](C(=O)Nc2cccc(Cl)c2Cl)C1. The minimum absolute atomic E-state index is 0.0431. The second kappa shape index (κ2) is 7.17. The molecule has 8 heteroatoms. The highest BCUT2D eigenvalue weighted by molar-refractivity contribution is 7.89.